The van der Waals surface area contributed by atoms with Gasteiger partial charge in [0.25, 0.3) is 11.8 Å². The molecule has 1 aliphatic heterocycles. The fourth-order valence-electron chi connectivity index (χ4n) is 1.62. The molecule has 118 valence electrons. The van der Waals surface area contributed by atoms with Crippen molar-refractivity contribution in [3.05, 3.63) is 0 Å². The van der Waals surface area contributed by atoms with Gasteiger partial charge in [-0.2, -0.15) is 4.90 Å². The van der Waals surface area contributed by atoms with Gasteiger partial charge in [-0.15, -0.1) is 23.5 Å². The molecule has 0 unspecified atom stereocenters. The predicted octanol–water partition coefficient (Wildman–Crippen LogP) is 1.81. The Morgan fingerprint density at radius 3 is 2.14 bits per heavy atom. The summed E-state index contributed by atoms with van der Waals surface area (Å²) < 4.78 is 2.92. The lowest BCUT2D eigenvalue weighted by Gasteiger charge is -2.36. The molecule has 1 N–H and O–H groups in total. The van der Waals surface area contributed by atoms with Crippen molar-refractivity contribution in [2.45, 2.75) is 30.8 Å². The number of barbiturate groups is 1. The van der Waals surface area contributed by atoms with Crippen LogP contribution in [0.4, 0.5) is 9.59 Å². The molecular weight excluding hydrogens is 316 g/mol. The molecule has 0 aromatic heterocycles. The number of methoxy groups -OCH3 is 1. The van der Waals surface area contributed by atoms with E-state index in [9.17, 15) is 19.2 Å². The summed E-state index contributed by atoms with van der Waals surface area (Å²) in [6.45, 7) is 3.83. The lowest BCUT2D eigenvalue weighted by atomic mass is 10.3. The first-order valence-electron chi connectivity index (χ1n) is 6.50. The molecule has 7 nitrogen and oxygen atoms in total. The van der Waals surface area contributed by atoms with Crippen LogP contribution in [0.3, 0.4) is 0 Å². The first-order valence-corrected chi connectivity index (χ1v) is 8.47. The van der Waals surface area contributed by atoms with Crippen LogP contribution in [0.5, 0.6) is 0 Å². The van der Waals surface area contributed by atoms with Crippen molar-refractivity contribution in [3.8, 4) is 0 Å². The van der Waals surface area contributed by atoms with Crippen LogP contribution in [-0.2, 0) is 14.3 Å². The molecule has 0 radical (unpaired) electrons. The van der Waals surface area contributed by atoms with E-state index in [4.69, 9.17) is 0 Å². The van der Waals surface area contributed by atoms with Crippen molar-refractivity contribution >= 4 is 47.5 Å². The third kappa shape index (κ3) is 3.52. The highest BCUT2D eigenvalue weighted by atomic mass is 32.2. The summed E-state index contributed by atoms with van der Waals surface area (Å²) >= 11 is 2.27. The highest BCUT2D eigenvalue weighted by Gasteiger charge is 2.57. The molecule has 1 saturated heterocycles. The second kappa shape index (κ2) is 7.69. The predicted molar refractivity (Wildman–Crippen MR) is 81.0 cm³/mol. The zero-order valence-corrected chi connectivity index (χ0v) is 13.8. The number of ether oxygens (including phenoxy) is 1. The van der Waals surface area contributed by atoms with Gasteiger partial charge in [0.1, 0.15) is 0 Å². The highest BCUT2D eigenvalue weighted by molar-refractivity contribution is 8.20. The number of urea groups is 1. The van der Waals surface area contributed by atoms with Gasteiger partial charge in [0.2, 0.25) is 4.08 Å². The number of carbonyl (C=O) groups excluding carboxylic acids is 4. The van der Waals surface area contributed by atoms with E-state index >= 15 is 0 Å². The lowest BCUT2D eigenvalue weighted by Crippen LogP contribution is -2.66. The molecule has 21 heavy (non-hydrogen) atoms. The minimum absolute atomic E-state index is 0.354. The van der Waals surface area contributed by atoms with Gasteiger partial charge in [0.05, 0.1) is 7.11 Å². The van der Waals surface area contributed by atoms with Gasteiger partial charge in [0, 0.05) is 0 Å². The average molecular weight is 334 g/mol. The van der Waals surface area contributed by atoms with E-state index in [0.29, 0.717) is 16.4 Å². The first-order chi connectivity index (χ1) is 9.94. The number of imide groups is 4. The van der Waals surface area contributed by atoms with E-state index in [-0.39, 0.29) is 0 Å². The summed E-state index contributed by atoms with van der Waals surface area (Å²) in [6, 6.07) is -1.07. The zero-order valence-electron chi connectivity index (χ0n) is 12.1. The van der Waals surface area contributed by atoms with Crippen LogP contribution >= 0.6 is 23.5 Å². The Morgan fingerprint density at radius 2 is 1.71 bits per heavy atom. The molecule has 1 aliphatic rings. The Labute approximate surface area is 131 Å². The number of carbonyl (C=O) groups is 4. The number of hydrogen-bond acceptors (Lipinski definition) is 7. The Balaban J connectivity index is 3.17. The zero-order chi connectivity index (χ0) is 16.0. The van der Waals surface area contributed by atoms with Gasteiger partial charge < -0.3 is 4.74 Å². The number of rotatable bonds is 6. The summed E-state index contributed by atoms with van der Waals surface area (Å²) in [7, 11) is 1.07. The molecule has 0 spiro atoms. The largest absolute Gasteiger partial charge is 0.452 e. The van der Waals surface area contributed by atoms with Gasteiger partial charge in [-0.05, 0) is 24.3 Å². The summed E-state index contributed by atoms with van der Waals surface area (Å²) in [5.74, 6) is -0.424. The topological polar surface area (TPSA) is 92.8 Å². The number of amides is 5. The van der Waals surface area contributed by atoms with Crippen LogP contribution in [0.2, 0.25) is 0 Å². The molecule has 0 aliphatic carbocycles. The van der Waals surface area contributed by atoms with Crippen LogP contribution in [0.15, 0.2) is 0 Å². The fraction of sp³-hybridized carbons (Fsp3) is 0.667. The SMILES string of the molecule is CCCSC1(SCCC)C(=O)NC(=O)N(C(=O)OC)C1=O. The van der Waals surface area contributed by atoms with E-state index in [2.05, 4.69) is 10.1 Å². The highest BCUT2D eigenvalue weighted by Crippen LogP contribution is 2.42. The summed E-state index contributed by atoms with van der Waals surface area (Å²) in [6.07, 6.45) is 0.418. The Kier molecular flexibility index (Phi) is 6.53. The Hall–Kier alpha value is -1.22. The maximum absolute atomic E-state index is 12.6. The molecule has 9 heteroatoms. The minimum atomic E-state index is -1.52. The van der Waals surface area contributed by atoms with Crippen LogP contribution < -0.4 is 5.32 Å². The molecule has 0 aromatic rings. The number of nitrogens with zero attached hydrogens (tertiary/aromatic N) is 1. The lowest BCUT2D eigenvalue weighted by molar-refractivity contribution is -0.135. The minimum Gasteiger partial charge on any atom is -0.452 e. The second-order valence-corrected chi connectivity index (χ2v) is 7.06. The quantitative estimate of drug-likeness (QED) is 0.585. The van der Waals surface area contributed by atoms with Crippen molar-refractivity contribution in [1.82, 2.24) is 10.2 Å². The van der Waals surface area contributed by atoms with E-state index in [1.54, 1.807) is 0 Å². The van der Waals surface area contributed by atoms with Crippen LogP contribution in [-0.4, -0.2) is 51.5 Å². The molecule has 1 rings (SSSR count). The standard InChI is InChI=1S/C12H18N2O5S2/c1-4-6-20-12(21-7-5-2)8(15)13-10(17)14(9(12)16)11(18)19-3/h4-7H2,1-3H3,(H,13,15,17). The third-order valence-corrected chi connectivity index (χ3v) is 6.05. The Bertz CT molecular complexity index is 447. The van der Waals surface area contributed by atoms with E-state index in [1.165, 1.54) is 0 Å². The van der Waals surface area contributed by atoms with Gasteiger partial charge >= 0.3 is 12.1 Å². The van der Waals surface area contributed by atoms with Gasteiger partial charge in [-0.3, -0.25) is 14.9 Å². The molecule has 0 aromatic carbocycles. The van der Waals surface area contributed by atoms with Crippen molar-refractivity contribution in [1.29, 1.82) is 0 Å². The van der Waals surface area contributed by atoms with Crippen LogP contribution in [0, 0.1) is 0 Å². The molecule has 1 heterocycles. The molecule has 5 amide bonds. The monoisotopic (exact) mass is 334 g/mol. The normalized spacial score (nSPS) is 17.7. The van der Waals surface area contributed by atoms with Crippen molar-refractivity contribution in [2.24, 2.45) is 0 Å². The maximum Gasteiger partial charge on any atom is 0.424 e. The Morgan fingerprint density at radius 1 is 1.19 bits per heavy atom. The number of thioether (sulfide) groups is 2. The summed E-state index contributed by atoms with van der Waals surface area (Å²) in [5.41, 5.74) is 0. The second-order valence-electron chi connectivity index (χ2n) is 4.18. The van der Waals surface area contributed by atoms with E-state index in [0.717, 1.165) is 43.5 Å². The molecule has 0 saturated carbocycles. The molecule has 0 atom stereocenters. The number of hydrogen-bond donors (Lipinski definition) is 1. The van der Waals surface area contributed by atoms with E-state index < -0.39 is 28.0 Å². The van der Waals surface area contributed by atoms with Crippen molar-refractivity contribution in [3.63, 3.8) is 0 Å². The van der Waals surface area contributed by atoms with Gasteiger partial charge in [0.15, 0.2) is 0 Å². The fourth-order valence-corrected chi connectivity index (χ4v) is 4.23. The van der Waals surface area contributed by atoms with Crippen molar-refractivity contribution in [2.75, 3.05) is 18.6 Å². The van der Waals surface area contributed by atoms with Crippen molar-refractivity contribution < 1.29 is 23.9 Å². The third-order valence-electron chi connectivity index (χ3n) is 2.58. The van der Waals surface area contributed by atoms with Crippen LogP contribution in [0.1, 0.15) is 26.7 Å². The number of nitrogens with one attached hydrogen (secondary N) is 1. The maximum atomic E-state index is 12.6. The molecule has 1 fully saturated rings. The summed E-state index contributed by atoms with van der Waals surface area (Å²) in [5, 5.41) is 2.07. The van der Waals surface area contributed by atoms with Crippen LogP contribution in [0.25, 0.3) is 0 Å². The average Bonchev–Trinajstić information content (AvgIpc) is 2.46. The van der Waals surface area contributed by atoms with E-state index in [1.807, 2.05) is 13.8 Å². The van der Waals surface area contributed by atoms with Gasteiger partial charge in [-0.1, -0.05) is 13.8 Å². The smallest absolute Gasteiger partial charge is 0.424 e. The molecule has 0 bridgehead atoms. The molecular formula is C12H18N2O5S2. The summed E-state index contributed by atoms with van der Waals surface area (Å²) in [4.78, 5) is 48.5. The first kappa shape index (κ1) is 17.8. The van der Waals surface area contributed by atoms with Gasteiger partial charge in [-0.25, -0.2) is 9.59 Å².